The highest BCUT2D eigenvalue weighted by Crippen LogP contribution is 2.52. The van der Waals surface area contributed by atoms with Crippen molar-refractivity contribution in [3.8, 4) is 0 Å². The molecule has 1 aromatic rings. The Hall–Kier alpha value is -1.13. The summed E-state index contributed by atoms with van der Waals surface area (Å²) >= 11 is 0. The predicted octanol–water partition coefficient (Wildman–Crippen LogP) is 2.90. The minimum atomic E-state index is -0.687. The van der Waals surface area contributed by atoms with Gasteiger partial charge in [-0.05, 0) is 37.8 Å². The maximum atomic E-state index is 14.4. The zero-order valence-corrected chi connectivity index (χ0v) is 12.7. The number of carbonyl (C=O) groups excluding carboxylic acids is 1. The molecule has 2 aliphatic carbocycles. The first kappa shape index (κ1) is 14.8. The number of carbonyl (C=O) groups is 1. The van der Waals surface area contributed by atoms with Crippen LogP contribution in [-0.2, 0) is 10.2 Å². The standard InChI is InChI=1S/C16H19FN2O.ClH/c17-11-4-3-5-12-13(11)15(6-1-2-7-15)10-19(12)14(20)16(18)8-9-16;/h3-5H,1-2,6-10,18H2;1H. The topological polar surface area (TPSA) is 46.3 Å². The minimum absolute atomic E-state index is 0. The summed E-state index contributed by atoms with van der Waals surface area (Å²) in [7, 11) is 0. The van der Waals surface area contributed by atoms with Gasteiger partial charge in [-0.1, -0.05) is 18.9 Å². The Morgan fingerprint density at radius 2 is 1.86 bits per heavy atom. The van der Waals surface area contributed by atoms with Crippen molar-refractivity contribution in [2.75, 3.05) is 11.4 Å². The van der Waals surface area contributed by atoms with Crippen LogP contribution < -0.4 is 10.6 Å². The summed E-state index contributed by atoms with van der Waals surface area (Å²) in [6, 6.07) is 5.08. The molecule has 5 heteroatoms. The van der Waals surface area contributed by atoms with Gasteiger partial charge in [-0.15, -0.1) is 12.4 Å². The smallest absolute Gasteiger partial charge is 0.247 e. The second-order valence-corrected chi connectivity index (χ2v) is 6.67. The average Bonchev–Trinajstić information content (AvgIpc) is 2.90. The van der Waals surface area contributed by atoms with Gasteiger partial charge in [-0.3, -0.25) is 4.79 Å². The number of anilines is 1. The molecule has 0 atom stereocenters. The number of benzene rings is 1. The van der Waals surface area contributed by atoms with Crippen LogP contribution in [0.15, 0.2) is 18.2 Å². The van der Waals surface area contributed by atoms with Crippen LogP contribution in [0.1, 0.15) is 44.1 Å². The van der Waals surface area contributed by atoms with E-state index < -0.39 is 5.54 Å². The van der Waals surface area contributed by atoms with Crippen LogP contribution in [0.4, 0.5) is 10.1 Å². The molecule has 0 saturated heterocycles. The Morgan fingerprint density at radius 3 is 2.48 bits per heavy atom. The zero-order valence-electron chi connectivity index (χ0n) is 11.9. The van der Waals surface area contributed by atoms with Gasteiger partial charge in [-0.2, -0.15) is 0 Å². The lowest BCUT2D eigenvalue weighted by Gasteiger charge is -2.26. The lowest BCUT2D eigenvalue weighted by Crippen LogP contribution is -2.47. The van der Waals surface area contributed by atoms with E-state index in [-0.39, 0.29) is 29.5 Å². The van der Waals surface area contributed by atoms with Crippen LogP contribution in [0.5, 0.6) is 0 Å². The van der Waals surface area contributed by atoms with Gasteiger partial charge in [-0.25, -0.2) is 4.39 Å². The summed E-state index contributed by atoms with van der Waals surface area (Å²) in [5, 5.41) is 0. The molecular formula is C16H20ClFN2O. The first-order valence-electron chi connectivity index (χ1n) is 7.46. The van der Waals surface area contributed by atoms with Gasteiger partial charge in [0.15, 0.2) is 0 Å². The van der Waals surface area contributed by atoms with Crippen molar-refractivity contribution in [1.82, 2.24) is 0 Å². The number of amides is 1. The normalized spacial score (nSPS) is 23.8. The highest BCUT2D eigenvalue weighted by Gasteiger charge is 2.54. The zero-order chi connectivity index (χ0) is 14.0. The molecule has 0 bridgehead atoms. The Kier molecular flexibility index (Phi) is 3.30. The molecule has 0 radical (unpaired) electrons. The fourth-order valence-electron chi connectivity index (χ4n) is 3.99. The molecule has 0 unspecified atom stereocenters. The van der Waals surface area contributed by atoms with Crippen molar-refractivity contribution in [2.24, 2.45) is 5.73 Å². The van der Waals surface area contributed by atoms with Crippen LogP contribution in [0.3, 0.4) is 0 Å². The highest BCUT2D eigenvalue weighted by atomic mass is 35.5. The molecule has 1 aliphatic heterocycles. The Morgan fingerprint density at radius 1 is 1.19 bits per heavy atom. The summed E-state index contributed by atoms with van der Waals surface area (Å²) < 4.78 is 14.4. The molecule has 1 amide bonds. The van der Waals surface area contributed by atoms with Crippen molar-refractivity contribution < 1.29 is 9.18 Å². The van der Waals surface area contributed by atoms with E-state index in [1.807, 2.05) is 6.07 Å². The Labute approximate surface area is 130 Å². The predicted molar refractivity (Wildman–Crippen MR) is 82.3 cm³/mol. The van der Waals surface area contributed by atoms with Crippen LogP contribution in [0, 0.1) is 5.82 Å². The summed E-state index contributed by atoms with van der Waals surface area (Å²) in [5.74, 6) is -0.185. The largest absolute Gasteiger partial charge is 0.317 e. The third kappa shape index (κ3) is 2.00. The number of halogens is 2. The molecule has 114 valence electrons. The molecule has 3 aliphatic rings. The van der Waals surface area contributed by atoms with E-state index in [0.717, 1.165) is 49.8 Å². The third-order valence-electron chi connectivity index (χ3n) is 5.29. The van der Waals surface area contributed by atoms with Gasteiger partial charge in [0, 0.05) is 17.5 Å². The van der Waals surface area contributed by atoms with E-state index in [1.54, 1.807) is 11.0 Å². The van der Waals surface area contributed by atoms with E-state index in [9.17, 15) is 9.18 Å². The van der Waals surface area contributed by atoms with E-state index in [4.69, 9.17) is 5.73 Å². The second-order valence-electron chi connectivity index (χ2n) is 6.67. The van der Waals surface area contributed by atoms with Crippen LogP contribution in [-0.4, -0.2) is 18.0 Å². The molecule has 1 heterocycles. The van der Waals surface area contributed by atoms with Crippen molar-refractivity contribution in [3.05, 3.63) is 29.6 Å². The molecule has 1 aromatic carbocycles. The molecule has 0 aromatic heterocycles. The van der Waals surface area contributed by atoms with Gasteiger partial charge in [0.2, 0.25) is 5.91 Å². The number of rotatable bonds is 1. The number of nitrogens with zero attached hydrogens (tertiary/aromatic N) is 1. The third-order valence-corrected chi connectivity index (χ3v) is 5.29. The van der Waals surface area contributed by atoms with Gasteiger partial charge < -0.3 is 10.6 Å². The summed E-state index contributed by atoms with van der Waals surface area (Å²) in [6.45, 7) is 0.612. The molecule has 3 nitrogen and oxygen atoms in total. The fraction of sp³-hybridized carbons (Fsp3) is 0.562. The summed E-state index contributed by atoms with van der Waals surface area (Å²) in [4.78, 5) is 14.4. The Balaban J connectivity index is 0.00000132. The van der Waals surface area contributed by atoms with E-state index in [0.29, 0.717) is 6.54 Å². The Bertz CT molecular complexity index is 594. The molecular weight excluding hydrogens is 291 g/mol. The molecule has 2 fully saturated rings. The molecule has 2 saturated carbocycles. The fourth-order valence-corrected chi connectivity index (χ4v) is 3.99. The average molecular weight is 311 g/mol. The van der Waals surface area contributed by atoms with Gasteiger partial charge in [0.25, 0.3) is 0 Å². The van der Waals surface area contributed by atoms with Gasteiger partial charge in [0.1, 0.15) is 5.82 Å². The maximum absolute atomic E-state index is 14.4. The number of hydrogen-bond donors (Lipinski definition) is 1. The van der Waals surface area contributed by atoms with Crippen LogP contribution in [0.25, 0.3) is 0 Å². The first-order chi connectivity index (χ1) is 9.56. The van der Waals surface area contributed by atoms with Crippen molar-refractivity contribution in [3.63, 3.8) is 0 Å². The van der Waals surface area contributed by atoms with Crippen molar-refractivity contribution in [1.29, 1.82) is 0 Å². The number of hydrogen-bond acceptors (Lipinski definition) is 2. The summed E-state index contributed by atoms with van der Waals surface area (Å²) in [5.41, 5.74) is 6.73. The van der Waals surface area contributed by atoms with Gasteiger partial charge >= 0.3 is 0 Å². The van der Waals surface area contributed by atoms with Crippen molar-refractivity contribution >= 4 is 24.0 Å². The maximum Gasteiger partial charge on any atom is 0.247 e. The summed E-state index contributed by atoms with van der Waals surface area (Å²) in [6.07, 6.45) is 5.68. The lowest BCUT2D eigenvalue weighted by atomic mass is 9.80. The molecule has 2 N–H and O–H groups in total. The number of nitrogens with two attached hydrogens (primary N) is 1. The van der Waals surface area contributed by atoms with Gasteiger partial charge in [0.05, 0.1) is 11.2 Å². The quantitative estimate of drug-likeness (QED) is 0.867. The first-order valence-corrected chi connectivity index (χ1v) is 7.46. The molecule has 1 spiro atoms. The molecule has 4 rings (SSSR count). The minimum Gasteiger partial charge on any atom is -0.317 e. The van der Waals surface area contributed by atoms with E-state index in [1.165, 1.54) is 6.07 Å². The second kappa shape index (κ2) is 4.68. The van der Waals surface area contributed by atoms with Crippen molar-refractivity contribution in [2.45, 2.75) is 49.5 Å². The van der Waals surface area contributed by atoms with E-state index in [2.05, 4.69) is 0 Å². The monoisotopic (exact) mass is 310 g/mol. The lowest BCUT2D eigenvalue weighted by molar-refractivity contribution is -0.120. The van der Waals surface area contributed by atoms with Crippen LogP contribution in [0.2, 0.25) is 0 Å². The molecule has 21 heavy (non-hydrogen) atoms. The number of fused-ring (bicyclic) bond motifs is 2. The van der Waals surface area contributed by atoms with E-state index >= 15 is 0 Å². The SMILES string of the molecule is Cl.NC1(C(=O)N2CC3(CCCC3)c3c(F)cccc32)CC1. The van der Waals surface area contributed by atoms with Crippen LogP contribution >= 0.6 is 12.4 Å². The highest BCUT2D eigenvalue weighted by molar-refractivity contribution is 6.04.